The van der Waals surface area contributed by atoms with Crippen LogP contribution in [-0.2, 0) is 0 Å². The number of phenols is 1. The van der Waals surface area contributed by atoms with Gasteiger partial charge in [-0.2, -0.15) is 5.26 Å². The van der Waals surface area contributed by atoms with Gasteiger partial charge in [-0.25, -0.2) is 4.98 Å². The number of nitrogens with one attached hydrogen (secondary N) is 2. The van der Waals surface area contributed by atoms with Crippen LogP contribution < -0.4 is 10.6 Å². The van der Waals surface area contributed by atoms with Crippen molar-refractivity contribution in [1.29, 1.82) is 5.26 Å². The minimum absolute atomic E-state index is 0.0603. The summed E-state index contributed by atoms with van der Waals surface area (Å²) in [4.78, 5) is 17.7. The lowest BCUT2D eigenvalue weighted by molar-refractivity contribution is 0.103. The fraction of sp³-hybridized carbons (Fsp3) is 0.0417. The van der Waals surface area contributed by atoms with Crippen molar-refractivity contribution in [2.24, 2.45) is 0 Å². The first-order valence-corrected chi connectivity index (χ1v) is 10.3. The van der Waals surface area contributed by atoms with E-state index in [0.29, 0.717) is 21.7 Å². The Kier molecular flexibility index (Phi) is 5.65. The second-order valence-electron chi connectivity index (χ2n) is 6.67. The number of aromatic nitrogens is 1. The number of nitrogens with zero attached hydrogens (tertiary/aromatic N) is 2. The summed E-state index contributed by atoms with van der Waals surface area (Å²) in [5.41, 5.74) is 3.47. The molecule has 0 saturated carbocycles. The molecule has 0 aliphatic rings. The molecule has 6 nitrogen and oxygen atoms in total. The van der Waals surface area contributed by atoms with Crippen molar-refractivity contribution in [3.8, 4) is 34.2 Å². The number of phenolic OH excluding ortho intramolecular Hbond substituents is 1. The fourth-order valence-electron chi connectivity index (χ4n) is 3.22. The Bertz CT molecular complexity index is 1290. The predicted molar refractivity (Wildman–Crippen MR) is 123 cm³/mol. The zero-order chi connectivity index (χ0) is 21.8. The smallest absolute Gasteiger partial charge is 0.266 e. The molecule has 2 aromatic heterocycles. The highest BCUT2D eigenvalue weighted by Crippen LogP contribution is 2.36. The number of amides is 1. The molecule has 0 fully saturated rings. The van der Waals surface area contributed by atoms with Crippen LogP contribution in [0.15, 0.2) is 72.1 Å². The van der Waals surface area contributed by atoms with Gasteiger partial charge in [-0.15, -0.1) is 11.3 Å². The van der Waals surface area contributed by atoms with Crippen molar-refractivity contribution in [2.75, 3.05) is 17.7 Å². The van der Waals surface area contributed by atoms with Gasteiger partial charge in [0.05, 0.1) is 10.6 Å². The van der Waals surface area contributed by atoms with Gasteiger partial charge in [-0.1, -0.05) is 30.3 Å². The number of hydrogen-bond donors (Lipinski definition) is 3. The van der Waals surface area contributed by atoms with Crippen molar-refractivity contribution in [3.63, 3.8) is 0 Å². The third-order valence-electron chi connectivity index (χ3n) is 4.75. The summed E-state index contributed by atoms with van der Waals surface area (Å²) in [5, 5.41) is 28.0. The van der Waals surface area contributed by atoms with Gasteiger partial charge < -0.3 is 15.7 Å². The van der Waals surface area contributed by atoms with Crippen LogP contribution in [0.1, 0.15) is 15.2 Å². The minimum atomic E-state index is -0.344. The number of benzene rings is 2. The normalized spacial score (nSPS) is 10.3. The maximum Gasteiger partial charge on any atom is 0.266 e. The largest absolute Gasteiger partial charge is 0.507 e. The monoisotopic (exact) mass is 426 g/mol. The molecule has 0 atom stereocenters. The summed E-state index contributed by atoms with van der Waals surface area (Å²) < 4.78 is 0. The first-order valence-electron chi connectivity index (χ1n) is 9.47. The number of carbonyl (C=O) groups is 1. The van der Waals surface area contributed by atoms with Crippen molar-refractivity contribution in [2.45, 2.75) is 0 Å². The van der Waals surface area contributed by atoms with Crippen LogP contribution in [0.4, 0.5) is 11.5 Å². The van der Waals surface area contributed by atoms with Gasteiger partial charge in [-0.05, 0) is 47.3 Å². The van der Waals surface area contributed by atoms with Gasteiger partial charge in [-0.3, -0.25) is 4.79 Å². The van der Waals surface area contributed by atoms with Crippen LogP contribution in [0.5, 0.6) is 5.75 Å². The Balaban J connectivity index is 1.92. The molecule has 2 aromatic carbocycles. The number of thiophene rings is 1. The van der Waals surface area contributed by atoms with Crippen LogP contribution in [-0.4, -0.2) is 23.0 Å². The molecule has 0 radical (unpaired) electrons. The highest BCUT2D eigenvalue weighted by molar-refractivity contribution is 7.12. The van der Waals surface area contributed by atoms with E-state index < -0.39 is 0 Å². The Morgan fingerprint density at radius 2 is 1.90 bits per heavy atom. The average Bonchev–Trinajstić information content (AvgIpc) is 3.34. The third-order valence-corrected chi connectivity index (χ3v) is 5.62. The quantitative estimate of drug-likeness (QED) is 0.400. The lowest BCUT2D eigenvalue weighted by atomic mass is 9.97. The van der Waals surface area contributed by atoms with E-state index >= 15 is 0 Å². The van der Waals surface area contributed by atoms with Crippen molar-refractivity contribution >= 4 is 28.7 Å². The van der Waals surface area contributed by atoms with E-state index in [2.05, 4.69) is 21.7 Å². The second kappa shape index (κ2) is 8.69. The van der Waals surface area contributed by atoms with Crippen molar-refractivity contribution < 1.29 is 9.90 Å². The summed E-state index contributed by atoms with van der Waals surface area (Å²) in [7, 11) is 1.82. The lowest BCUT2D eigenvalue weighted by Crippen LogP contribution is -2.13. The van der Waals surface area contributed by atoms with Gasteiger partial charge in [0, 0.05) is 23.9 Å². The molecule has 0 aliphatic heterocycles. The van der Waals surface area contributed by atoms with Gasteiger partial charge in [0.25, 0.3) is 5.91 Å². The predicted octanol–water partition coefficient (Wildman–Crippen LogP) is 5.35. The van der Waals surface area contributed by atoms with Crippen molar-refractivity contribution in [3.05, 3.63) is 82.6 Å². The molecular weight excluding hydrogens is 408 g/mol. The van der Waals surface area contributed by atoms with E-state index in [0.717, 1.165) is 11.3 Å². The first-order chi connectivity index (χ1) is 15.1. The summed E-state index contributed by atoms with van der Waals surface area (Å²) in [6.45, 7) is 0. The van der Waals surface area contributed by atoms with E-state index in [9.17, 15) is 15.2 Å². The molecule has 0 spiro atoms. The number of carbonyl (C=O) groups excluding carboxylic acids is 1. The maximum absolute atomic E-state index is 12.7. The maximum atomic E-state index is 12.7. The summed E-state index contributed by atoms with van der Waals surface area (Å²) in [5.74, 6) is -0.139. The molecule has 4 rings (SSSR count). The van der Waals surface area contributed by atoms with E-state index in [4.69, 9.17) is 0 Å². The topological polar surface area (TPSA) is 98.0 Å². The fourth-order valence-corrected chi connectivity index (χ4v) is 3.84. The number of anilines is 2. The molecule has 0 saturated heterocycles. The highest BCUT2D eigenvalue weighted by atomic mass is 32.1. The van der Waals surface area contributed by atoms with Gasteiger partial charge >= 0.3 is 0 Å². The zero-order valence-electron chi connectivity index (χ0n) is 16.6. The Morgan fingerprint density at radius 3 is 2.61 bits per heavy atom. The molecule has 0 aliphatic carbocycles. The highest BCUT2D eigenvalue weighted by Gasteiger charge is 2.19. The van der Waals surface area contributed by atoms with Crippen LogP contribution in [0.25, 0.3) is 22.4 Å². The molecule has 7 heteroatoms. The molecule has 31 heavy (non-hydrogen) atoms. The number of para-hydroxylation sites is 1. The molecule has 2 heterocycles. The molecule has 152 valence electrons. The van der Waals surface area contributed by atoms with Gasteiger partial charge in [0.1, 0.15) is 17.4 Å². The summed E-state index contributed by atoms with van der Waals surface area (Å²) in [6.07, 6.45) is 0. The van der Waals surface area contributed by atoms with Gasteiger partial charge in [0.15, 0.2) is 5.82 Å². The van der Waals surface area contributed by atoms with Crippen LogP contribution in [0.2, 0.25) is 0 Å². The average molecular weight is 427 g/mol. The third kappa shape index (κ3) is 4.10. The first kappa shape index (κ1) is 20.1. The summed E-state index contributed by atoms with van der Waals surface area (Å²) in [6, 6.07) is 21.8. The molecule has 4 aromatic rings. The van der Waals surface area contributed by atoms with E-state index in [-0.39, 0.29) is 23.0 Å². The molecule has 3 N–H and O–H groups in total. The number of hydrogen-bond acceptors (Lipinski definition) is 6. The van der Waals surface area contributed by atoms with Crippen LogP contribution >= 0.6 is 11.3 Å². The Labute approximate surface area is 183 Å². The standard InChI is InChI=1S/C24H18N4O2S/c1-26-16-7-4-6-15(12-16)18-13-20(17-8-2-3-9-21(17)29)27-23(19(18)14-25)28-24(30)22-10-5-11-31-22/h2-13,26,29H,1H3,(H,27,28,30). The zero-order valence-corrected chi connectivity index (χ0v) is 17.4. The molecule has 1 amide bonds. The molecular formula is C24H18N4O2S. The number of pyridine rings is 1. The SMILES string of the molecule is CNc1cccc(-c2cc(-c3ccccc3O)nc(NC(=O)c3cccs3)c2C#N)c1. The van der Waals surface area contributed by atoms with E-state index in [1.165, 1.54) is 11.3 Å². The lowest BCUT2D eigenvalue weighted by Gasteiger charge is -2.14. The van der Waals surface area contributed by atoms with Gasteiger partial charge in [0.2, 0.25) is 0 Å². The Hall–Kier alpha value is -4.15. The number of nitriles is 1. The summed E-state index contributed by atoms with van der Waals surface area (Å²) >= 11 is 1.30. The van der Waals surface area contributed by atoms with E-state index in [1.54, 1.807) is 47.8 Å². The Morgan fingerprint density at radius 1 is 1.06 bits per heavy atom. The molecule has 0 unspecified atom stereocenters. The van der Waals surface area contributed by atoms with Crippen LogP contribution in [0, 0.1) is 11.3 Å². The van der Waals surface area contributed by atoms with E-state index in [1.807, 2.05) is 31.3 Å². The second-order valence-corrected chi connectivity index (χ2v) is 7.62. The minimum Gasteiger partial charge on any atom is -0.507 e. The number of aromatic hydroxyl groups is 1. The van der Waals surface area contributed by atoms with Crippen LogP contribution in [0.3, 0.4) is 0 Å². The number of rotatable bonds is 5. The molecule has 0 bridgehead atoms. The van der Waals surface area contributed by atoms with Crippen molar-refractivity contribution in [1.82, 2.24) is 4.98 Å².